The molecule has 3 rings (SSSR count). The average molecular weight is 411 g/mol. The molecular formula is C20H24F3N3O3. The van der Waals surface area contributed by atoms with E-state index in [1.165, 1.54) is 25.3 Å². The van der Waals surface area contributed by atoms with Crippen LogP contribution >= 0.6 is 0 Å². The van der Waals surface area contributed by atoms with Crippen molar-refractivity contribution >= 4 is 16.8 Å². The van der Waals surface area contributed by atoms with Crippen LogP contribution in [0, 0.1) is 5.92 Å². The summed E-state index contributed by atoms with van der Waals surface area (Å²) in [5, 5.41) is 2.84. The predicted molar refractivity (Wildman–Crippen MR) is 102 cm³/mol. The molecule has 2 N–H and O–H groups in total. The van der Waals surface area contributed by atoms with Gasteiger partial charge in [-0.15, -0.1) is 0 Å². The summed E-state index contributed by atoms with van der Waals surface area (Å²) in [6.07, 6.45) is -3.95. The van der Waals surface area contributed by atoms with Crippen LogP contribution in [0.3, 0.4) is 0 Å². The third-order valence-corrected chi connectivity index (χ3v) is 5.27. The Balaban J connectivity index is 2.02. The Labute approximate surface area is 165 Å². The minimum absolute atomic E-state index is 0.0361. The molecule has 1 fully saturated rings. The lowest BCUT2D eigenvalue weighted by atomic mass is 9.89. The third kappa shape index (κ3) is 3.88. The van der Waals surface area contributed by atoms with Crippen LogP contribution in [-0.4, -0.2) is 33.2 Å². The molecule has 3 atom stereocenters. The first-order valence-electron chi connectivity index (χ1n) is 9.32. The van der Waals surface area contributed by atoms with Crippen LogP contribution in [0.2, 0.25) is 0 Å². The Morgan fingerprint density at radius 2 is 2.00 bits per heavy atom. The number of aromatic amines is 1. The molecule has 1 unspecified atom stereocenters. The lowest BCUT2D eigenvalue weighted by Gasteiger charge is -2.31. The summed E-state index contributed by atoms with van der Waals surface area (Å²) in [6, 6.07) is 2.70. The van der Waals surface area contributed by atoms with Crippen molar-refractivity contribution in [2.24, 2.45) is 5.92 Å². The number of fused-ring (bicyclic) bond motifs is 1. The third-order valence-electron chi connectivity index (χ3n) is 5.27. The number of alkyl halides is 3. The lowest BCUT2D eigenvalue weighted by molar-refractivity contribution is -0.275. The van der Waals surface area contributed by atoms with Crippen molar-refractivity contribution in [1.82, 2.24) is 15.3 Å². The van der Waals surface area contributed by atoms with Gasteiger partial charge in [0.1, 0.15) is 5.69 Å². The normalized spacial score (nSPS) is 25.4. The second kappa shape index (κ2) is 6.83. The number of H-pyrrole nitrogens is 1. The summed E-state index contributed by atoms with van der Waals surface area (Å²) in [7, 11) is 0. The van der Waals surface area contributed by atoms with Gasteiger partial charge in [0.15, 0.2) is 11.0 Å². The maximum absolute atomic E-state index is 13.4. The topological polar surface area (TPSA) is 84.1 Å². The van der Waals surface area contributed by atoms with Gasteiger partial charge in [0.05, 0.1) is 17.0 Å². The van der Waals surface area contributed by atoms with Crippen LogP contribution in [0.25, 0.3) is 10.9 Å². The van der Waals surface area contributed by atoms with Gasteiger partial charge in [-0.3, -0.25) is 14.6 Å². The number of hydrogen-bond donors (Lipinski definition) is 2. The molecule has 0 spiro atoms. The van der Waals surface area contributed by atoms with Gasteiger partial charge in [0.25, 0.3) is 5.91 Å². The van der Waals surface area contributed by atoms with Crippen LogP contribution in [0.15, 0.2) is 23.1 Å². The fourth-order valence-corrected chi connectivity index (χ4v) is 3.51. The molecule has 1 saturated heterocycles. The Morgan fingerprint density at radius 3 is 2.55 bits per heavy atom. The monoisotopic (exact) mass is 411 g/mol. The first-order valence-corrected chi connectivity index (χ1v) is 9.32. The number of hydrogen-bond acceptors (Lipinski definition) is 4. The molecule has 1 aliphatic heterocycles. The van der Waals surface area contributed by atoms with E-state index >= 15 is 0 Å². The maximum Gasteiger partial charge on any atom is 0.417 e. The van der Waals surface area contributed by atoms with Crippen LogP contribution in [-0.2, 0) is 4.74 Å². The SMILES string of the molecule is C[C@H]1CC(c2cc(=O)c3c(C(=O)NC(C)(C)C)nccc3[nH]2)O[C@@]1(C)C(F)(F)F. The van der Waals surface area contributed by atoms with Crippen molar-refractivity contribution in [2.45, 2.75) is 64.5 Å². The minimum atomic E-state index is -4.53. The van der Waals surface area contributed by atoms with E-state index in [-0.39, 0.29) is 23.2 Å². The molecule has 9 heteroatoms. The predicted octanol–water partition coefficient (Wildman–Crippen LogP) is 3.87. The van der Waals surface area contributed by atoms with Crippen LogP contribution in [0.5, 0.6) is 0 Å². The van der Waals surface area contributed by atoms with Gasteiger partial charge >= 0.3 is 6.18 Å². The van der Waals surface area contributed by atoms with Gasteiger partial charge in [-0.05, 0) is 46.1 Å². The Bertz CT molecular complexity index is 1010. The molecule has 1 amide bonds. The number of nitrogens with one attached hydrogen (secondary N) is 2. The first kappa shape index (κ1) is 21.3. The van der Waals surface area contributed by atoms with Gasteiger partial charge < -0.3 is 15.0 Å². The number of nitrogens with zero attached hydrogens (tertiary/aromatic N) is 1. The largest absolute Gasteiger partial charge is 0.417 e. The number of carbonyl (C=O) groups is 1. The summed E-state index contributed by atoms with van der Waals surface area (Å²) in [4.78, 5) is 32.3. The number of rotatable bonds is 2. The molecule has 158 valence electrons. The molecule has 0 bridgehead atoms. The van der Waals surface area contributed by atoms with Crippen molar-refractivity contribution in [1.29, 1.82) is 0 Å². The Morgan fingerprint density at radius 1 is 1.34 bits per heavy atom. The molecule has 3 heterocycles. The molecule has 6 nitrogen and oxygen atoms in total. The summed E-state index contributed by atoms with van der Waals surface area (Å²) < 4.78 is 45.7. The van der Waals surface area contributed by atoms with Gasteiger partial charge in [-0.1, -0.05) is 6.92 Å². The highest BCUT2D eigenvalue weighted by Gasteiger charge is 2.60. The van der Waals surface area contributed by atoms with E-state index in [1.54, 1.807) is 20.8 Å². The standard InChI is InChI=1S/C20H24F3N3O3/c1-10-8-14(29-19(10,5)20(21,22)23)12-9-13(27)15-11(25-12)6-7-24-16(15)17(28)26-18(2,3)4/h6-7,9-10,14H,8H2,1-5H3,(H,25,27)(H,26,28)/t10-,14?,19+/m0/s1. The molecule has 1 aliphatic rings. The van der Waals surface area contributed by atoms with Gasteiger partial charge in [0, 0.05) is 23.5 Å². The smallest absolute Gasteiger partial charge is 0.356 e. The second-order valence-corrected chi connectivity index (χ2v) is 8.72. The molecule has 0 aliphatic carbocycles. The van der Waals surface area contributed by atoms with Crippen molar-refractivity contribution in [3.8, 4) is 0 Å². The van der Waals surface area contributed by atoms with E-state index in [0.717, 1.165) is 6.92 Å². The second-order valence-electron chi connectivity index (χ2n) is 8.72. The van der Waals surface area contributed by atoms with Gasteiger partial charge in [-0.25, -0.2) is 0 Å². The highest BCUT2D eigenvalue weighted by Crippen LogP contribution is 2.51. The van der Waals surface area contributed by atoms with Crippen molar-refractivity contribution in [3.63, 3.8) is 0 Å². The highest BCUT2D eigenvalue weighted by atomic mass is 19.4. The number of aromatic nitrogens is 2. The van der Waals surface area contributed by atoms with Crippen molar-refractivity contribution in [3.05, 3.63) is 39.9 Å². The zero-order chi connectivity index (χ0) is 21.8. The first-order chi connectivity index (χ1) is 13.2. The summed E-state index contributed by atoms with van der Waals surface area (Å²) in [5.41, 5.74) is -2.79. The number of pyridine rings is 2. The van der Waals surface area contributed by atoms with Crippen molar-refractivity contribution < 1.29 is 22.7 Å². The van der Waals surface area contributed by atoms with E-state index < -0.39 is 40.7 Å². The zero-order valence-corrected chi connectivity index (χ0v) is 16.9. The summed E-state index contributed by atoms with van der Waals surface area (Å²) >= 11 is 0. The Kier molecular flexibility index (Phi) is 5.01. The molecule has 0 aromatic carbocycles. The molecule has 2 aromatic rings. The van der Waals surface area contributed by atoms with Gasteiger partial charge in [0.2, 0.25) is 0 Å². The number of halogens is 3. The minimum Gasteiger partial charge on any atom is -0.356 e. The van der Waals surface area contributed by atoms with Crippen LogP contribution in [0.4, 0.5) is 13.2 Å². The van der Waals surface area contributed by atoms with Crippen molar-refractivity contribution in [2.75, 3.05) is 0 Å². The molecule has 2 aromatic heterocycles. The quantitative estimate of drug-likeness (QED) is 0.786. The Hall–Kier alpha value is -2.42. The average Bonchev–Trinajstić information content (AvgIpc) is 2.89. The molecule has 29 heavy (non-hydrogen) atoms. The summed E-state index contributed by atoms with van der Waals surface area (Å²) in [6.45, 7) is 7.90. The van der Waals surface area contributed by atoms with Crippen LogP contribution < -0.4 is 10.7 Å². The van der Waals surface area contributed by atoms with Gasteiger partial charge in [-0.2, -0.15) is 13.2 Å². The maximum atomic E-state index is 13.4. The highest BCUT2D eigenvalue weighted by molar-refractivity contribution is 6.04. The number of ether oxygens (including phenoxy) is 1. The number of amides is 1. The van der Waals surface area contributed by atoms with E-state index in [1.807, 2.05) is 0 Å². The van der Waals surface area contributed by atoms with E-state index in [2.05, 4.69) is 15.3 Å². The molecular weight excluding hydrogens is 387 g/mol. The summed E-state index contributed by atoms with van der Waals surface area (Å²) in [5.74, 6) is -1.28. The van der Waals surface area contributed by atoms with E-state index in [0.29, 0.717) is 5.52 Å². The lowest BCUT2D eigenvalue weighted by Crippen LogP contribution is -2.46. The fraction of sp³-hybridized carbons (Fsp3) is 0.550. The number of carbonyl (C=O) groups excluding carboxylic acids is 1. The zero-order valence-electron chi connectivity index (χ0n) is 16.9. The van der Waals surface area contributed by atoms with Crippen LogP contribution in [0.1, 0.15) is 63.3 Å². The van der Waals surface area contributed by atoms with E-state index in [4.69, 9.17) is 4.74 Å². The van der Waals surface area contributed by atoms with E-state index in [9.17, 15) is 22.8 Å². The molecule has 0 radical (unpaired) electrons. The molecule has 0 saturated carbocycles. The fourth-order valence-electron chi connectivity index (χ4n) is 3.51.